The van der Waals surface area contributed by atoms with Crippen molar-refractivity contribution in [3.8, 4) is 38.8 Å². The van der Waals surface area contributed by atoms with Crippen molar-refractivity contribution in [1.82, 2.24) is 15.3 Å². The Morgan fingerprint density at radius 3 is 2.47 bits per heavy atom. The van der Waals surface area contributed by atoms with Crippen molar-refractivity contribution in [3.05, 3.63) is 84.3 Å². The summed E-state index contributed by atoms with van der Waals surface area (Å²) in [5.41, 5.74) is 3.98. The Morgan fingerprint density at radius 2 is 1.79 bits per heavy atom. The lowest BCUT2D eigenvalue weighted by Gasteiger charge is -2.21. The van der Waals surface area contributed by atoms with Gasteiger partial charge in [-0.3, -0.25) is 9.10 Å². The van der Waals surface area contributed by atoms with Gasteiger partial charge in [-0.1, -0.05) is 17.4 Å². The molecule has 43 heavy (non-hydrogen) atoms. The normalized spacial score (nSPS) is 11.7. The third-order valence-electron chi connectivity index (χ3n) is 7.11. The van der Waals surface area contributed by atoms with E-state index in [-0.39, 0.29) is 16.9 Å². The van der Waals surface area contributed by atoms with Crippen LogP contribution >= 0.6 is 11.3 Å². The zero-order valence-corrected chi connectivity index (χ0v) is 25.1. The number of hydrogen-bond acceptors (Lipinski definition) is 8. The number of carbonyl (C=O) groups excluding carboxylic acids is 1. The summed E-state index contributed by atoms with van der Waals surface area (Å²) in [6.07, 6.45) is 2.81. The van der Waals surface area contributed by atoms with Crippen LogP contribution in [-0.4, -0.2) is 51.8 Å². The molecule has 0 aliphatic heterocycles. The molecule has 1 N–H and O–H groups in total. The molecule has 6 aromatic rings. The van der Waals surface area contributed by atoms with Crippen LogP contribution in [0.3, 0.4) is 0 Å². The first-order valence-corrected chi connectivity index (χ1v) is 15.7. The number of halogens is 1. The van der Waals surface area contributed by atoms with Gasteiger partial charge in [0.25, 0.3) is 5.91 Å². The molecule has 3 aromatic carbocycles. The second kappa shape index (κ2) is 10.8. The van der Waals surface area contributed by atoms with E-state index in [0.29, 0.717) is 44.1 Å². The molecule has 0 saturated heterocycles. The topological polar surface area (TPSA) is 115 Å². The van der Waals surface area contributed by atoms with Crippen LogP contribution in [0, 0.1) is 5.82 Å². The first-order chi connectivity index (χ1) is 20.6. The van der Waals surface area contributed by atoms with Gasteiger partial charge in [0.15, 0.2) is 0 Å². The smallest absolute Gasteiger partial charge is 0.255 e. The van der Waals surface area contributed by atoms with E-state index in [1.54, 1.807) is 31.5 Å². The van der Waals surface area contributed by atoms with Crippen LogP contribution < -0.4 is 14.4 Å². The van der Waals surface area contributed by atoms with Gasteiger partial charge in [0.1, 0.15) is 38.3 Å². The number of rotatable bonds is 7. The van der Waals surface area contributed by atoms with Crippen LogP contribution in [0.25, 0.3) is 54.3 Å². The Morgan fingerprint density at radius 1 is 1.05 bits per heavy atom. The SMILES string of the molecule is CNC(=O)c1c(-c2ccc(F)cc2)oc2cc(N(C)S(C)(=O)=O)c(-c3ccc(OC)c(-c4nc5cccnc5s4)c3)cc12. The monoisotopic (exact) mass is 616 g/mol. The van der Waals surface area contributed by atoms with E-state index in [1.807, 2.05) is 24.3 Å². The molecule has 0 aliphatic rings. The summed E-state index contributed by atoms with van der Waals surface area (Å²) < 4.78 is 52.3. The molecule has 3 aromatic heterocycles. The molecule has 0 unspecified atom stereocenters. The van der Waals surface area contributed by atoms with Crippen LogP contribution in [0.5, 0.6) is 5.75 Å². The Bertz CT molecular complexity index is 2110. The summed E-state index contributed by atoms with van der Waals surface area (Å²) in [4.78, 5) is 23.1. The maximum absolute atomic E-state index is 13.7. The maximum atomic E-state index is 13.7. The van der Waals surface area contributed by atoms with E-state index in [0.717, 1.165) is 20.9 Å². The third kappa shape index (κ3) is 5.08. The first-order valence-electron chi connectivity index (χ1n) is 13.0. The number of carbonyl (C=O) groups is 1. The van der Waals surface area contributed by atoms with Gasteiger partial charge in [0.2, 0.25) is 10.0 Å². The Kier molecular flexibility index (Phi) is 7.10. The number of nitrogens with zero attached hydrogens (tertiary/aromatic N) is 3. The molecular weight excluding hydrogens is 591 g/mol. The summed E-state index contributed by atoms with van der Waals surface area (Å²) >= 11 is 1.41. The standard InChI is InChI=1S/C31H25FN4O5S2/c1-33-29(37)27-21-15-20(18-9-12-25(40-3)22(14-18)30-35-23-6-5-13-34-31(23)42-30)24(36(2)43(4,38)39)16-26(21)41-28(27)17-7-10-19(32)11-8-17/h5-16H,1-4H3,(H,33,37). The zero-order chi connectivity index (χ0) is 30.5. The van der Waals surface area contributed by atoms with Crippen LogP contribution in [-0.2, 0) is 10.0 Å². The highest BCUT2D eigenvalue weighted by Crippen LogP contribution is 2.44. The third-order valence-corrected chi connectivity index (χ3v) is 9.31. The molecule has 0 bridgehead atoms. The number of fused-ring (bicyclic) bond motifs is 2. The lowest BCUT2D eigenvalue weighted by Crippen LogP contribution is -2.25. The average molecular weight is 617 g/mol. The zero-order valence-electron chi connectivity index (χ0n) is 23.5. The van der Waals surface area contributed by atoms with Crippen LogP contribution in [0.4, 0.5) is 10.1 Å². The van der Waals surface area contributed by atoms with Gasteiger partial charge >= 0.3 is 0 Å². The molecule has 0 atom stereocenters. The van der Waals surface area contributed by atoms with E-state index >= 15 is 0 Å². The van der Waals surface area contributed by atoms with Crippen LogP contribution in [0.2, 0.25) is 0 Å². The highest BCUT2D eigenvalue weighted by atomic mass is 32.2. The molecule has 0 saturated carbocycles. The fourth-order valence-electron chi connectivity index (χ4n) is 4.89. The van der Waals surface area contributed by atoms with Crippen molar-refractivity contribution < 1.29 is 26.8 Å². The van der Waals surface area contributed by atoms with Gasteiger partial charge in [0, 0.05) is 42.9 Å². The number of furan rings is 1. The number of pyridine rings is 1. The predicted molar refractivity (Wildman–Crippen MR) is 167 cm³/mol. The van der Waals surface area contributed by atoms with E-state index in [4.69, 9.17) is 14.1 Å². The molecule has 218 valence electrons. The molecule has 0 radical (unpaired) electrons. The summed E-state index contributed by atoms with van der Waals surface area (Å²) in [6, 6.07) is 18.1. The van der Waals surface area contributed by atoms with Gasteiger partial charge in [-0.15, -0.1) is 0 Å². The van der Waals surface area contributed by atoms with Gasteiger partial charge in [-0.25, -0.2) is 22.8 Å². The number of aromatic nitrogens is 2. The van der Waals surface area contributed by atoms with Gasteiger partial charge < -0.3 is 14.5 Å². The summed E-state index contributed by atoms with van der Waals surface area (Å²) in [7, 11) is 0.822. The minimum Gasteiger partial charge on any atom is -0.496 e. The second-order valence-electron chi connectivity index (χ2n) is 9.75. The van der Waals surface area contributed by atoms with Crippen LogP contribution in [0.15, 0.2) is 77.3 Å². The minimum absolute atomic E-state index is 0.233. The lowest BCUT2D eigenvalue weighted by atomic mass is 9.97. The van der Waals surface area contributed by atoms with Crippen molar-refractivity contribution in [2.24, 2.45) is 0 Å². The highest BCUT2D eigenvalue weighted by Gasteiger charge is 2.26. The van der Waals surface area contributed by atoms with Gasteiger partial charge in [-0.2, -0.15) is 0 Å². The number of anilines is 1. The lowest BCUT2D eigenvalue weighted by molar-refractivity contribution is 0.0964. The molecule has 0 fully saturated rings. The molecule has 1 amide bonds. The molecule has 9 nitrogen and oxygen atoms in total. The number of ether oxygens (including phenoxy) is 1. The molecule has 0 spiro atoms. The van der Waals surface area contributed by atoms with Crippen molar-refractivity contribution in [2.75, 3.05) is 31.8 Å². The number of nitrogens with one attached hydrogen (secondary N) is 1. The van der Waals surface area contributed by atoms with E-state index < -0.39 is 21.7 Å². The minimum atomic E-state index is -3.70. The molecule has 0 aliphatic carbocycles. The van der Waals surface area contributed by atoms with Crippen LogP contribution in [0.1, 0.15) is 10.4 Å². The number of methoxy groups -OCH3 is 1. The number of sulfonamides is 1. The number of amides is 1. The summed E-state index contributed by atoms with van der Waals surface area (Å²) in [5, 5.41) is 3.79. The first kappa shape index (κ1) is 28.3. The number of thiazole rings is 1. The summed E-state index contributed by atoms with van der Waals surface area (Å²) in [6.45, 7) is 0. The van der Waals surface area contributed by atoms with Gasteiger partial charge in [-0.05, 0) is 60.2 Å². The molecule has 6 rings (SSSR count). The summed E-state index contributed by atoms with van der Waals surface area (Å²) in [5.74, 6) is -0.0303. The highest BCUT2D eigenvalue weighted by molar-refractivity contribution is 7.92. The van der Waals surface area contributed by atoms with Gasteiger partial charge in [0.05, 0.1) is 30.2 Å². The largest absolute Gasteiger partial charge is 0.496 e. The van der Waals surface area contributed by atoms with Crippen molar-refractivity contribution in [1.29, 1.82) is 0 Å². The molecule has 3 heterocycles. The fourth-order valence-corrected chi connectivity index (χ4v) is 6.32. The Hall–Kier alpha value is -4.81. The number of benzene rings is 3. The fraction of sp³-hybridized carbons (Fsp3) is 0.129. The average Bonchev–Trinajstić information content (AvgIpc) is 3.61. The van der Waals surface area contributed by atoms with Crippen molar-refractivity contribution >= 4 is 54.3 Å². The Balaban J connectivity index is 1.64. The van der Waals surface area contributed by atoms with Crippen molar-refractivity contribution in [2.45, 2.75) is 0 Å². The second-order valence-corrected chi connectivity index (χ2v) is 12.7. The van der Waals surface area contributed by atoms with E-state index in [9.17, 15) is 17.6 Å². The predicted octanol–water partition coefficient (Wildman–Crippen LogP) is 6.34. The maximum Gasteiger partial charge on any atom is 0.255 e. The number of hydrogen-bond donors (Lipinski definition) is 1. The molecular formula is C31H25FN4O5S2. The van der Waals surface area contributed by atoms with Crippen molar-refractivity contribution in [3.63, 3.8) is 0 Å². The van der Waals surface area contributed by atoms with E-state index in [1.165, 1.54) is 49.7 Å². The quantitative estimate of drug-likeness (QED) is 0.223. The Labute approximate surface area is 250 Å². The molecule has 12 heteroatoms. The van der Waals surface area contributed by atoms with E-state index in [2.05, 4.69) is 10.3 Å².